The topological polar surface area (TPSA) is 80.0 Å². The Kier molecular flexibility index (Phi) is 6.53. The lowest BCUT2D eigenvalue weighted by atomic mass is 9.84. The molecule has 1 aromatic heterocycles. The van der Waals surface area contributed by atoms with Gasteiger partial charge in [0.2, 0.25) is 5.91 Å². The van der Waals surface area contributed by atoms with Crippen LogP contribution in [-0.2, 0) is 22.8 Å². The Morgan fingerprint density at radius 1 is 1.12 bits per heavy atom. The average molecular weight is 461 g/mol. The van der Waals surface area contributed by atoms with Gasteiger partial charge in [-0.3, -0.25) is 4.79 Å². The number of carbonyl (C=O) groups is 1. The van der Waals surface area contributed by atoms with E-state index in [2.05, 4.69) is 22.1 Å². The molecule has 0 saturated carbocycles. The number of phenols is 1. The number of aromatic hydroxyl groups is 1. The molecule has 0 unspecified atom stereocenters. The summed E-state index contributed by atoms with van der Waals surface area (Å²) < 4.78 is 39.2. The van der Waals surface area contributed by atoms with Crippen molar-refractivity contribution < 1.29 is 23.1 Å². The number of hydrogen-bond acceptors (Lipinski definition) is 4. The van der Waals surface area contributed by atoms with Gasteiger partial charge in [0.25, 0.3) is 0 Å². The molecule has 0 saturated heterocycles. The first-order valence-corrected chi connectivity index (χ1v) is 10.5. The molecule has 3 rings (SSSR count). The van der Waals surface area contributed by atoms with Gasteiger partial charge in [-0.15, -0.1) is 15.0 Å². The highest BCUT2D eigenvalue weighted by molar-refractivity contribution is 5.92. The number of fused-ring (bicyclic) bond motifs is 1. The SMILES string of the molecule is C=C(C)C(=O)NCCCc1cc(-n2nc3ccc(C(F)(F)F)cc3n2)c(O)c(C(C)(C)C)c1. The van der Waals surface area contributed by atoms with E-state index in [4.69, 9.17) is 0 Å². The maximum atomic E-state index is 13.1. The van der Waals surface area contributed by atoms with Gasteiger partial charge < -0.3 is 10.4 Å². The summed E-state index contributed by atoms with van der Waals surface area (Å²) in [5, 5.41) is 22.2. The maximum Gasteiger partial charge on any atom is 0.416 e. The number of alkyl halides is 3. The Labute approximate surface area is 190 Å². The van der Waals surface area contributed by atoms with Crippen molar-refractivity contribution in [2.24, 2.45) is 0 Å². The molecule has 1 heterocycles. The van der Waals surface area contributed by atoms with Crippen molar-refractivity contribution in [3.8, 4) is 11.4 Å². The Morgan fingerprint density at radius 2 is 1.79 bits per heavy atom. The third kappa shape index (κ3) is 5.53. The molecule has 2 N–H and O–H groups in total. The fraction of sp³-hybridized carbons (Fsp3) is 0.375. The first-order chi connectivity index (χ1) is 15.3. The molecule has 3 aromatic rings. The van der Waals surface area contributed by atoms with Crippen LogP contribution in [0, 0.1) is 0 Å². The zero-order valence-electron chi connectivity index (χ0n) is 19.0. The van der Waals surface area contributed by atoms with Crippen LogP contribution in [0.1, 0.15) is 50.8 Å². The van der Waals surface area contributed by atoms with E-state index in [1.54, 1.807) is 13.0 Å². The van der Waals surface area contributed by atoms with E-state index in [1.807, 2.05) is 26.8 Å². The summed E-state index contributed by atoms with van der Waals surface area (Å²) >= 11 is 0. The largest absolute Gasteiger partial charge is 0.505 e. The van der Waals surface area contributed by atoms with Crippen LogP contribution in [0.3, 0.4) is 0 Å². The second-order valence-corrected chi connectivity index (χ2v) is 9.09. The lowest BCUT2D eigenvalue weighted by Crippen LogP contribution is -2.25. The van der Waals surface area contributed by atoms with Crippen molar-refractivity contribution in [1.29, 1.82) is 0 Å². The molecule has 0 aliphatic rings. The highest BCUT2D eigenvalue weighted by atomic mass is 19.4. The van der Waals surface area contributed by atoms with Gasteiger partial charge in [-0.2, -0.15) is 13.2 Å². The van der Waals surface area contributed by atoms with Crippen LogP contribution in [0.15, 0.2) is 42.5 Å². The number of nitrogens with one attached hydrogen (secondary N) is 1. The minimum atomic E-state index is -4.49. The van der Waals surface area contributed by atoms with Gasteiger partial charge in [0.15, 0.2) is 0 Å². The zero-order chi connectivity index (χ0) is 24.6. The van der Waals surface area contributed by atoms with Gasteiger partial charge in [0, 0.05) is 17.7 Å². The highest BCUT2D eigenvalue weighted by Gasteiger charge is 2.31. The number of phenolic OH excluding ortho intramolecular Hbond substituents is 1. The van der Waals surface area contributed by atoms with Crippen LogP contribution in [0.25, 0.3) is 16.7 Å². The molecular weight excluding hydrogens is 433 g/mol. The number of hydrogen-bond donors (Lipinski definition) is 2. The Bertz CT molecular complexity index is 1210. The molecule has 0 fully saturated rings. The summed E-state index contributed by atoms with van der Waals surface area (Å²) in [5.41, 5.74) is 1.41. The molecule has 9 heteroatoms. The smallest absolute Gasteiger partial charge is 0.416 e. The van der Waals surface area contributed by atoms with Crippen molar-refractivity contribution in [2.75, 3.05) is 6.54 Å². The number of halogens is 3. The van der Waals surface area contributed by atoms with Crippen molar-refractivity contribution >= 4 is 16.9 Å². The van der Waals surface area contributed by atoms with Gasteiger partial charge >= 0.3 is 6.18 Å². The molecule has 0 aliphatic heterocycles. The molecule has 0 aliphatic carbocycles. The standard InChI is InChI=1S/C24H27F3N4O2/c1-14(2)22(33)28-10-6-7-15-11-17(23(3,4)5)21(32)20(12-15)31-29-18-9-8-16(24(25,26)27)13-19(18)30-31/h8-9,11-13,32H,1,6-7,10H2,2-5H3,(H,28,33). The zero-order valence-corrected chi connectivity index (χ0v) is 19.0. The van der Waals surface area contributed by atoms with Gasteiger partial charge in [-0.25, -0.2) is 0 Å². The van der Waals surface area contributed by atoms with Crippen LogP contribution >= 0.6 is 0 Å². The Balaban J connectivity index is 1.97. The summed E-state index contributed by atoms with van der Waals surface area (Å²) in [6.07, 6.45) is -3.24. The van der Waals surface area contributed by atoms with Gasteiger partial charge in [-0.1, -0.05) is 33.4 Å². The number of benzene rings is 2. The number of aryl methyl sites for hydroxylation is 1. The molecule has 1 amide bonds. The number of rotatable bonds is 6. The van der Waals surface area contributed by atoms with Crippen LogP contribution in [-0.4, -0.2) is 32.6 Å². The third-order valence-electron chi connectivity index (χ3n) is 5.20. The molecule has 0 radical (unpaired) electrons. The lowest BCUT2D eigenvalue weighted by molar-refractivity contribution is -0.137. The molecule has 0 bridgehead atoms. The number of carbonyl (C=O) groups excluding carboxylic acids is 1. The van der Waals surface area contributed by atoms with Crippen LogP contribution in [0.2, 0.25) is 0 Å². The fourth-order valence-corrected chi connectivity index (χ4v) is 3.39. The molecule has 0 spiro atoms. The number of nitrogens with zero attached hydrogens (tertiary/aromatic N) is 3. The fourth-order valence-electron chi connectivity index (χ4n) is 3.39. The predicted molar refractivity (Wildman–Crippen MR) is 120 cm³/mol. The van der Waals surface area contributed by atoms with Crippen molar-refractivity contribution in [3.63, 3.8) is 0 Å². The minimum Gasteiger partial charge on any atom is -0.505 e. The van der Waals surface area contributed by atoms with E-state index in [0.717, 1.165) is 17.7 Å². The van der Waals surface area contributed by atoms with E-state index in [-0.39, 0.29) is 28.4 Å². The summed E-state index contributed by atoms with van der Waals surface area (Å²) in [7, 11) is 0. The minimum absolute atomic E-state index is 0.0295. The van der Waals surface area contributed by atoms with E-state index in [1.165, 1.54) is 10.9 Å². The highest BCUT2D eigenvalue weighted by Crippen LogP contribution is 2.37. The Morgan fingerprint density at radius 3 is 2.39 bits per heavy atom. The van der Waals surface area contributed by atoms with Gasteiger partial charge in [0.1, 0.15) is 22.5 Å². The van der Waals surface area contributed by atoms with E-state index in [9.17, 15) is 23.1 Å². The predicted octanol–water partition coefficient (Wildman–Crippen LogP) is 5.07. The lowest BCUT2D eigenvalue weighted by Gasteiger charge is -2.23. The van der Waals surface area contributed by atoms with Gasteiger partial charge in [-0.05, 0) is 55.0 Å². The third-order valence-corrected chi connectivity index (χ3v) is 5.20. The van der Waals surface area contributed by atoms with Crippen molar-refractivity contribution in [2.45, 2.75) is 52.1 Å². The Hall–Kier alpha value is -3.36. The maximum absolute atomic E-state index is 13.1. The second-order valence-electron chi connectivity index (χ2n) is 9.09. The van der Waals surface area contributed by atoms with Crippen LogP contribution < -0.4 is 5.32 Å². The second kappa shape index (κ2) is 8.88. The van der Waals surface area contributed by atoms with Crippen LogP contribution in [0.4, 0.5) is 13.2 Å². The van der Waals surface area contributed by atoms with E-state index < -0.39 is 17.2 Å². The first kappa shape index (κ1) is 24.3. The number of amides is 1. The summed E-state index contributed by atoms with van der Waals surface area (Å²) in [5.74, 6) is -0.236. The van der Waals surface area contributed by atoms with Crippen LogP contribution in [0.5, 0.6) is 5.75 Å². The summed E-state index contributed by atoms with van der Waals surface area (Å²) in [6, 6.07) is 6.77. The van der Waals surface area contributed by atoms with Crippen molar-refractivity contribution in [1.82, 2.24) is 20.3 Å². The summed E-state index contributed by atoms with van der Waals surface area (Å²) in [6.45, 7) is 11.5. The normalized spacial score (nSPS) is 12.2. The average Bonchev–Trinajstić information content (AvgIpc) is 3.13. The van der Waals surface area contributed by atoms with Gasteiger partial charge in [0.05, 0.1) is 5.56 Å². The molecule has 33 heavy (non-hydrogen) atoms. The molecule has 0 atom stereocenters. The quantitative estimate of drug-likeness (QED) is 0.398. The monoisotopic (exact) mass is 460 g/mol. The number of aromatic nitrogens is 3. The molecule has 176 valence electrons. The molecule has 6 nitrogen and oxygen atoms in total. The molecular formula is C24H27F3N4O2. The first-order valence-electron chi connectivity index (χ1n) is 10.5. The van der Waals surface area contributed by atoms with E-state index >= 15 is 0 Å². The van der Waals surface area contributed by atoms with E-state index in [0.29, 0.717) is 30.5 Å². The summed E-state index contributed by atoms with van der Waals surface area (Å²) in [4.78, 5) is 12.8. The van der Waals surface area contributed by atoms with Crippen molar-refractivity contribution in [3.05, 3.63) is 59.2 Å². The molecule has 2 aromatic carbocycles.